The van der Waals surface area contributed by atoms with E-state index < -0.39 is 11.8 Å². The van der Waals surface area contributed by atoms with Crippen molar-refractivity contribution in [3.05, 3.63) is 84.7 Å². The third kappa shape index (κ3) is 4.10. The average molecular weight is 596 g/mol. The number of nitrogens with zero attached hydrogens (tertiary/aromatic N) is 2. The summed E-state index contributed by atoms with van der Waals surface area (Å²) in [6, 6.07) is 14.9. The number of aryl methyl sites for hydroxylation is 1. The molecule has 0 aliphatic carbocycles. The molecular formula is C23H16Cl2IN3O2S. The Balaban J connectivity index is 1.79. The fourth-order valence-electron chi connectivity index (χ4n) is 3.64. The van der Waals surface area contributed by atoms with Gasteiger partial charge in [0, 0.05) is 20.6 Å². The smallest absolute Gasteiger partial charge is 0.270 e. The Labute approximate surface area is 214 Å². The van der Waals surface area contributed by atoms with Gasteiger partial charge in [-0.3, -0.25) is 19.8 Å². The van der Waals surface area contributed by atoms with Gasteiger partial charge in [-0.1, -0.05) is 35.3 Å². The van der Waals surface area contributed by atoms with Crippen LogP contribution in [0.2, 0.25) is 10.0 Å². The van der Waals surface area contributed by atoms with E-state index in [0.29, 0.717) is 5.69 Å². The van der Waals surface area contributed by atoms with E-state index in [0.717, 1.165) is 26.2 Å². The fourth-order valence-corrected chi connectivity index (χ4v) is 4.82. The summed E-state index contributed by atoms with van der Waals surface area (Å²) in [7, 11) is 0. The summed E-state index contributed by atoms with van der Waals surface area (Å²) in [6.07, 6.45) is 1.58. The number of carbonyl (C=O) groups is 2. The van der Waals surface area contributed by atoms with Crippen molar-refractivity contribution in [2.75, 3.05) is 4.90 Å². The van der Waals surface area contributed by atoms with E-state index >= 15 is 0 Å². The molecule has 3 aromatic rings. The van der Waals surface area contributed by atoms with Crippen LogP contribution in [0.1, 0.15) is 17.0 Å². The number of carbonyl (C=O) groups excluding carboxylic acids is 2. The first-order valence-corrected chi connectivity index (χ1v) is 11.7. The van der Waals surface area contributed by atoms with E-state index in [1.807, 2.05) is 38.1 Å². The molecule has 2 heterocycles. The number of halogens is 3. The van der Waals surface area contributed by atoms with Crippen LogP contribution in [0, 0.1) is 17.4 Å². The van der Waals surface area contributed by atoms with E-state index in [-0.39, 0.29) is 20.7 Å². The maximum absolute atomic E-state index is 13.3. The zero-order chi connectivity index (χ0) is 23.2. The molecule has 0 radical (unpaired) electrons. The minimum atomic E-state index is -0.568. The lowest BCUT2D eigenvalue weighted by atomic mass is 10.1. The number of rotatable bonds is 3. The van der Waals surface area contributed by atoms with Gasteiger partial charge in [-0.2, -0.15) is 0 Å². The molecule has 162 valence electrons. The quantitative estimate of drug-likeness (QED) is 0.179. The first-order valence-electron chi connectivity index (χ1n) is 9.49. The first-order chi connectivity index (χ1) is 15.2. The van der Waals surface area contributed by atoms with Gasteiger partial charge < -0.3 is 4.57 Å². The molecule has 0 bridgehead atoms. The molecule has 0 atom stereocenters. The minimum Gasteiger partial charge on any atom is -0.318 e. The standard InChI is InChI=1S/C23H16Cl2IN3O2S/c1-12-9-14(13(2)28(12)16-6-3-5-15(26)11-16)10-17-21(30)27-23(32)29(22(17)31)19-8-4-7-18(24)20(19)25/h3-11H,1-2H3,(H,27,30,32)/b17-10+. The topological polar surface area (TPSA) is 54.3 Å². The molecule has 5 nitrogen and oxygen atoms in total. The number of amides is 2. The maximum Gasteiger partial charge on any atom is 0.270 e. The predicted octanol–water partition coefficient (Wildman–Crippen LogP) is 5.84. The summed E-state index contributed by atoms with van der Waals surface area (Å²) in [5.41, 5.74) is 3.90. The Morgan fingerprint density at radius 3 is 2.50 bits per heavy atom. The summed E-state index contributed by atoms with van der Waals surface area (Å²) in [5, 5.41) is 2.98. The number of anilines is 1. The van der Waals surface area contributed by atoms with Crippen LogP contribution in [0.5, 0.6) is 0 Å². The Kier molecular flexibility index (Phi) is 6.44. The lowest BCUT2D eigenvalue weighted by Crippen LogP contribution is -2.54. The van der Waals surface area contributed by atoms with E-state index in [4.69, 9.17) is 35.4 Å². The second-order valence-corrected chi connectivity index (χ2v) is 9.59. The van der Waals surface area contributed by atoms with Crippen LogP contribution >= 0.6 is 58.0 Å². The summed E-state index contributed by atoms with van der Waals surface area (Å²) < 4.78 is 3.19. The van der Waals surface area contributed by atoms with Crippen molar-refractivity contribution >= 4 is 86.7 Å². The molecular weight excluding hydrogens is 580 g/mol. The Morgan fingerprint density at radius 1 is 1.06 bits per heavy atom. The van der Waals surface area contributed by atoms with Crippen LogP contribution in [-0.4, -0.2) is 21.5 Å². The van der Waals surface area contributed by atoms with Gasteiger partial charge in [-0.25, -0.2) is 0 Å². The van der Waals surface area contributed by atoms with E-state index in [1.54, 1.807) is 24.3 Å². The number of aromatic nitrogens is 1. The van der Waals surface area contributed by atoms with Gasteiger partial charge in [0.25, 0.3) is 11.8 Å². The van der Waals surface area contributed by atoms with Gasteiger partial charge in [0.15, 0.2) is 5.11 Å². The van der Waals surface area contributed by atoms with Crippen molar-refractivity contribution in [1.82, 2.24) is 9.88 Å². The third-order valence-electron chi connectivity index (χ3n) is 5.11. The van der Waals surface area contributed by atoms with E-state index in [2.05, 4.69) is 38.5 Å². The zero-order valence-electron chi connectivity index (χ0n) is 16.9. The van der Waals surface area contributed by atoms with Crippen LogP contribution in [0.25, 0.3) is 11.8 Å². The molecule has 1 aliphatic heterocycles. The summed E-state index contributed by atoms with van der Waals surface area (Å²) >= 11 is 19.9. The van der Waals surface area contributed by atoms with Crippen LogP contribution in [-0.2, 0) is 9.59 Å². The number of benzene rings is 2. The highest BCUT2D eigenvalue weighted by atomic mass is 127. The van der Waals surface area contributed by atoms with Gasteiger partial charge in [0.2, 0.25) is 0 Å². The Hall–Kier alpha value is -2.20. The molecule has 4 rings (SSSR count). The molecule has 1 fully saturated rings. The molecule has 9 heteroatoms. The average Bonchev–Trinajstić information content (AvgIpc) is 3.01. The van der Waals surface area contributed by atoms with Crippen molar-refractivity contribution in [3.63, 3.8) is 0 Å². The maximum atomic E-state index is 13.3. The normalized spacial score (nSPS) is 15.5. The third-order valence-corrected chi connectivity index (χ3v) is 6.87. The van der Waals surface area contributed by atoms with Crippen molar-refractivity contribution in [2.24, 2.45) is 0 Å². The number of nitrogens with one attached hydrogen (secondary N) is 1. The van der Waals surface area contributed by atoms with Crippen molar-refractivity contribution < 1.29 is 9.59 Å². The Morgan fingerprint density at radius 2 is 1.78 bits per heavy atom. The van der Waals surface area contributed by atoms with E-state index in [9.17, 15) is 9.59 Å². The van der Waals surface area contributed by atoms with Gasteiger partial charge in [0.05, 0.1) is 15.7 Å². The summed E-state index contributed by atoms with van der Waals surface area (Å²) in [5.74, 6) is -1.13. The highest BCUT2D eigenvalue weighted by Gasteiger charge is 2.36. The molecule has 0 unspecified atom stereocenters. The molecule has 0 saturated carbocycles. The molecule has 0 spiro atoms. The Bertz CT molecular complexity index is 1330. The van der Waals surface area contributed by atoms with Gasteiger partial charge in [0.1, 0.15) is 5.57 Å². The predicted molar refractivity (Wildman–Crippen MR) is 141 cm³/mol. The molecule has 1 N–H and O–H groups in total. The largest absolute Gasteiger partial charge is 0.318 e. The van der Waals surface area contributed by atoms with Crippen molar-refractivity contribution in [3.8, 4) is 5.69 Å². The number of thiocarbonyl (C=S) groups is 1. The minimum absolute atomic E-state index is 0.0439. The zero-order valence-corrected chi connectivity index (χ0v) is 21.4. The highest BCUT2D eigenvalue weighted by Crippen LogP contribution is 2.34. The lowest BCUT2D eigenvalue weighted by Gasteiger charge is -2.29. The van der Waals surface area contributed by atoms with Crippen LogP contribution in [0.3, 0.4) is 0 Å². The van der Waals surface area contributed by atoms with Gasteiger partial charge in [-0.15, -0.1) is 0 Å². The molecule has 1 saturated heterocycles. The first kappa shape index (κ1) is 23.0. The molecule has 32 heavy (non-hydrogen) atoms. The van der Waals surface area contributed by atoms with Gasteiger partial charge in [-0.05, 0) is 96.7 Å². The fraction of sp³-hybridized carbons (Fsp3) is 0.0870. The molecule has 1 aromatic heterocycles. The van der Waals surface area contributed by atoms with Crippen molar-refractivity contribution in [1.29, 1.82) is 0 Å². The number of hydrogen-bond donors (Lipinski definition) is 1. The summed E-state index contributed by atoms with van der Waals surface area (Å²) in [6.45, 7) is 3.92. The summed E-state index contributed by atoms with van der Waals surface area (Å²) in [4.78, 5) is 27.2. The molecule has 1 aliphatic rings. The van der Waals surface area contributed by atoms with Crippen LogP contribution in [0.15, 0.2) is 54.1 Å². The van der Waals surface area contributed by atoms with Crippen LogP contribution in [0.4, 0.5) is 5.69 Å². The second kappa shape index (κ2) is 8.97. The van der Waals surface area contributed by atoms with Crippen molar-refractivity contribution in [2.45, 2.75) is 13.8 Å². The van der Waals surface area contributed by atoms with E-state index in [1.165, 1.54) is 4.90 Å². The number of hydrogen-bond acceptors (Lipinski definition) is 3. The van der Waals surface area contributed by atoms with Gasteiger partial charge >= 0.3 is 0 Å². The SMILES string of the molecule is Cc1cc(/C=C2\C(=O)NC(=S)N(c3cccc(Cl)c3Cl)C2=O)c(C)n1-c1cccc(I)c1. The molecule has 2 amide bonds. The lowest BCUT2D eigenvalue weighted by molar-refractivity contribution is -0.122. The van der Waals surface area contributed by atoms with Crippen LogP contribution < -0.4 is 10.2 Å². The second-order valence-electron chi connectivity index (χ2n) is 7.17. The highest BCUT2D eigenvalue weighted by molar-refractivity contribution is 14.1. The molecule has 2 aromatic carbocycles. The monoisotopic (exact) mass is 595 g/mol.